The van der Waals surface area contributed by atoms with Crippen LogP contribution in [-0.2, 0) is 0 Å². The van der Waals surface area contributed by atoms with Crippen LogP contribution in [0.5, 0.6) is 0 Å². The fourth-order valence-corrected chi connectivity index (χ4v) is 2.99. The van der Waals surface area contributed by atoms with Gasteiger partial charge in [-0.1, -0.05) is 0 Å². The number of nitrogens with one attached hydrogen (secondary N) is 1. The standard InChI is InChI=1S/C13H13F2N3O2S/c1-6-13(21-8(3)16-6)7(2)17-12-10(18(19)20)5-4-9(14)11(12)15/h4-5,7,17H,1-3H3. The minimum absolute atomic E-state index is 0.425. The summed E-state index contributed by atoms with van der Waals surface area (Å²) in [6.07, 6.45) is 0. The molecule has 1 aromatic carbocycles. The van der Waals surface area contributed by atoms with Gasteiger partial charge >= 0.3 is 0 Å². The Labute approximate surface area is 123 Å². The number of nitro groups is 1. The minimum Gasteiger partial charge on any atom is -0.370 e. The van der Waals surface area contributed by atoms with Crippen molar-refractivity contribution in [3.8, 4) is 0 Å². The molecule has 112 valence electrons. The molecule has 0 amide bonds. The second-order valence-corrected chi connectivity index (χ2v) is 5.80. The molecule has 0 spiro atoms. The van der Waals surface area contributed by atoms with E-state index in [2.05, 4.69) is 10.3 Å². The molecule has 0 aliphatic rings. The number of anilines is 1. The molecule has 2 aromatic rings. The second-order valence-electron chi connectivity index (χ2n) is 4.56. The van der Waals surface area contributed by atoms with Crippen LogP contribution in [0.25, 0.3) is 0 Å². The molecule has 0 aliphatic heterocycles. The van der Waals surface area contributed by atoms with Gasteiger partial charge in [0, 0.05) is 10.9 Å². The van der Waals surface area contributed by atoms with Crippen molar-refractivity contribution in [1.29, 1.82) is 0 Å². The Morgan fingerprint density at radius 3 is 2.57 bits per heavy atom. The number of aromatic nitrogens is 1. The Hall–Kier alpha value is -2.09. The van der Waals surface area contributed by atoms with Crippen molar-refractivity contribution in [2.45, 2.75) is 26.8 Å². The summed E-state index contributed by atoms with van der Waals surface area (Å²) in [6.45, 7) is 5.35. The Kier molecular flexibility index (Phi) is 4.17. The van der Waals surface area contributed by atoms with Crippen LogP contribution in [0.3, 0.4) is 0 Å². The van der Waals surface area contributed by atoms with Crippen LogP contribution in [0, 0.1) is 35.6 Å². The molecule has 1 aromatic heterocycles. The topological polar surface area (TPSA) is 68.1 Å². The average molecular weight is 313 g/mol. The third-order valence-electron chi connectivity index (χ3n) is 2.96. The van der Waals surface area contributed by atoms with Gasteiger partial charge in [-0.05, 0) is 26.8 Å². The Balaban J connectivity index is 2.41. The van der Waals surface area contributed by atoms with E-state index < -0.39 is 34.0 Å². The van der Waals surface area contributed by atoms with Crippen LogP contribution in [0.4, 0.5) is 20.2 Å². The van der Waals surface area contributed by atoms with Crippen molar-refractivity contribution in [3.63, 3.8) is 0 Å². The molecule has 1 unspecified atom stereocenters. The van der Waals surface area contributed by atoms with E-state index in [1.807, 2.05) is 6.92 Å². The predicted molar refractivity (Wildman–Crippen MR) is 76.6 cm³/mol. The Morgan fingerprint density at radius 1 is 1.38 bits per heavy atom. The quantitative estimate of drug-likeness (QED) is 0.681. The normalized spacial score (nSPS) is 12.2. The molecule has 8 heteroatoms. The van der Waals surface area contributed by atoms with Crippen LogP contribution in [-0.4, -0.2) is 9.91 Å². The summed E-state index contributed by atoms with van der Waals surface area (Å²) in [5, 5.41) is 14.5. The van der Waals surface area contributed by atoms with Gasteiger partial charge in [-0.2, -0.15) is 0 Å². The molecule has 0 aliphatic carbocycles. The lowest BCUT2D eigenvalue weighted by Crippen LogP contribution is -2.10. The zero-order valence-corrected chi connectivity index (χ0v) is 12.4. The molecule has 0 bridgehead atoms. The molecule has 21 heavy (non-hydrogen) atoms. The highest BCUT2D eigenvalue weighted by Gasteiger charge is 2.24. The van der Waals surface area contributed by atoms with Crippen molar-refractivity contribution in [1.82, 2.24) is 4.98 Å². The van der Waals surface area contributed by atoms with Gasteiger partial charge in [0.1, 0.15) is 0 Å². The van der Waals surface area contributed by atoms with Gasteiger partial charge in [0.2, 0.25) is 0 Å². The highest BCUT2D eigenvalue weighted by molar-refractivity contribution is 7.11. The first-order valence-corrected chi connectivity index (χ1v) is 6.95. The van der Waals surface area contributed by atoms with E-state index in [0.29, 0.717) is 0 Å². The fraction of sp³-hybridized carbons (Fsp3) is 0.308. The largest absolute Gasteiger partial charge is 0.370 e. The maximum Gasteiger partial charge on any atom is 0.295 e. The van der Waals surface area contributed by atoms with Crippen LogP contribution in [0.15, 0.2) is 12.1 Å². The van der Waals surface area contributed by atoms with E-state index in [4.69, 9.17) is 0 Å². The third kappa shape index (κ3) is 2.99. The summed E-state index contributed by atoms with van der Waals surface area (Å²) in [4.78, 5) is 15.3. The number of hydrogen-bond donors (Lipinski definition) is 1. The highest BCUT2D eigenvalue weighted by Crippen LogP contribution is 2.34. The van der Waals surface area contributed by atoms with Gasteiger partial charge in [-0.15, -0.1) is 11.3 Å². The highest BCUT2D eigenvalue weighted by atomic mass is 32.1. The van der Waals surface area contributed by atoms with E-state index in [9.17, 15) is 18.9 Å². The zero-order chi connectivity index (χ0) is 15.7. The van der Waals surface area contributed by atoms with Crippen LogP contribution < -0.4 is 5.32 Å². The molecule has 0 saturated heterocycles. The molecule has 2 rings (SSSR count). The summed E-state index contributed by atoms with van der Waals surface area (Å²) in [5.74, 6) is -2.39. The monoisotopic (exact) mass is 313 g/mol. The maximum absolute atomic E-state index is 13.9. The number of halogens is 2. The van der Waals surface area contributed by atoms with Gasteiger partial charge in [0.05, 0.1) is 21.7 Å². The molecule has 0 saturated carbocycles. The fourth-order valence-electron chi connectivity index (χ4n) is 2.06. The third-order valence-corrected chi connectivity index (χ3v) is 4.22. The molecule has 1 atom stereocenters. The summed E-state index contributed by atoms with van der Waals surface area (Å²) in [5.41, 5.74) is -0.186. The maximum atomic E-state index is 13.9. The van der Waals surface area contributed by atoms with Gasteiger partial charge in [-0.3, -0.25) is 10.1 Å². The molecule has 5 nitrogen and oxygen atoms in total. The van der Waals surface area contributed by atoms with Crippen molar-refractivity contribution in [2.75, 3.05) is 5.32 Å². The van der Waals surface area contributed by atoms with Crippen LogP contribution in [0.1, 0.15) is 28.5 Å². The lowest BCUT2D eigenvalue weighted by atomic mass is 10.2. The molecule has 1 heterocycles. The number of benzene rings is 1. The number of rotatable bonds is 4. The summed E-state index contributed by atoms with van der Waals surface area (Å²) >= 11 is 1.41. The van der Waals surface area contributed by atoms with E-state index in [-0.39, 0.29) is 0 Å². The van der Waals surface area contributed by atoms with E-state index in [1.54, 1.807) is 13.8 Å². The smallest absolute Gasteiger partial charge is 0.295 e. The van der Waals surface area contributed by atoms with Gasteiger partial charge in [0.25, 0.3) is 5.69 Å². The predicted octanol–water partition coefficient (Wildman–Crippen LogP) is 4.12. The first-order valence-electron chi connectivity index (χ1n) is 6.14. The molecule has 0 fully saturated rings. The number of hydrogen-bond acceptors (Lipinski definition) is 5. The number of aryl methyl sites for hydroxylation is 2. The average Bonchev–Trinajstić information content (AvgIpc) is 2.74. The van der Waals surface area contributed by atoms with Crippen LogP contribution >= 0.6 is 11.3 Å². The van der Waals surface area contributed by atoms with Gasteiger partial charge in [-0.25, -0.2) is 13.8 Å². The van der Waals surface area contributed by atoms with E-state index in [1.165, 1.54) is 11.3 Å². The minimum atomic E-state index is -1.25. The lowest BCUT2D eigenvalue weighted by Gasteiger charge is -2.15. The Morgan fingerprint density at radius 2 is 2.05 bits per heavy atom. The summed E-state index contributed by atoms with van der Waals surface area (Å²) in [7, 11) is 0. The van der Waals surface area contributed by atoms with Crippen molar-refractivity contribution < 1.29 is 13.7 Å². The summed E-state index contributed by atoms with van der Waals surface area (Å²) in [6, 6.07) is 1.26. The molecule has 0 radical (unpaired) electrons. The lowest BCUT2D eigenvalue weighted by molar-refractivity contribution is -0.384. The van der Waals surface area contributed by atoms with Crippen LogP contribution in [0.2, 0.25) is 0 Å². The zero-order valence-electron chi connectivity index (χ0n) is 11.6. The number of nitrogens with zero attached hydrogens (tertiary/aromatic N) is 2. The number of nitro benzene ring substituents is 1. The van der Waals surface area contributed by atoms with Gasteiger partial charge < -0.3 is 5.32 Å². The molecular formula is C13H13F2N3O2S. The van der Waals surface area contributed by atoms with Crippen molar-refractivity contribution in [3.05, 3.63) is 49.5 Å². The first-order chi connectivity index (χ1) is 9.81. The van der Waals surface area contributed by atoms with E-state index in [0.717, 1.165) is 27.7 Å². The van der Waals surface area contributed by atoms with Crippen molar-refractivity contribution in [2.24, 2.45) is 0 Å². The first kappa shape index (κ1) is 15.3. The SMILES string of the molecule is Cc1nc(C)c(C(C)Nc2c([N+](=O)[O-])ccc(F)c2F)s1. The van der Waals surface area contributed by atoms with Crippen molar-refractivity contribution >= 4 is 22.7 Å². The van der Waals surface area contributed by atoms with Gasteiger partial charge in [0.15, 0.2) is 17.3 Å². The van der Waals surface area contributed by atoms with E-state index >= 15 is 0 Å². The number of thiazole rings is 1. The Bertz CT molecular complexity index is 703. The summed E-state index contributed by atoms with van der Waals surface area (Å²) < 4.78 is 27.2. The molecule has 1 N–H and O–H groups in total. The second kappa shape index (κ2) is 5.72. The molecular weight excluding hydrogens is 300 g/mol.